The monoisotopic (exact) mass is 222 g/mol. The molecule has 16 heavy (non-hydrogen) atoms. The van der Waals surface area contributed by atoms with Crippen LogP contribution in [0.5, 0.6) is 0 Å². The minimum Gasteiger partial charge on any atom is -0.334 e. The van der Waals surface area contributed by atoms with Crippen LogP contribution in [0.4, 0.5) is 0 Å². The molecule has 1 atom stereocenters. The molecule has 1 amide bonds. The standard InChI is InChI=1S/C13H22N2O/c1-3-10-15(11-6-7-11)12(16)13(2)8-4-5-9-14-13/h3,11,14H,1,4-10H2,2H3. The van der Waals surface area contributed by atoms with Crippen LogP contribution in [0.15, 0.2) is 12.7 Å². The van der Waals surface area contributed by atoms with E-state index in [1.54, 1.807) is 0 Å². The Balaban J connectivity index is 2.05. The van der Waals surface area contributed by atoms with Crippen molar-refractivity contribution in [1.29, 1.82) is 0 Å². The summed E-state index contributed by atoms with van der Waals surface area (Å²) < 4.78 is 0. The molecule has 3 heteroatoms. The van der Waals surface area contributed by atoms with Crippen LogP contribution in [-0.2, 0) is 4.79 Å². The third-order valence-corrected chi connectivity index (χ3v) is 3.67. The highest BCUT2D eigenvalue weighted by atomic mass is 16.2. The Morgan fingerprint density at radius 1 is 1.56 bits per heavy atom. The van der Waals surface area contributed by atoms with Gasteiger partial charge in [0.05, 0.1) is 5.54 Å². The number of rotatable bonds is 4. The quantitative estimate of drug-likeness (QED) is 0.734. The predicted molar refractivity (Wildman–Crippen MR) is 65.2 cm³/mol. The smallest absolute Gasteiger partial charge is 0.243 e. The van der Waals surface area contributed by atoms with Gasteiger partial charge in [-0.1, -0.05) is 6.08 Å². The molecule has 1 N–H and O–H groups in total. The first-order chi connectivity index (χ1) is 7.67. The molecule has 3 nitrogen and oxygen atoms in total. The van der Waals surface area contributed by atoms with Crippen molar-refractivity contribution in [2.45, 2.75) is 50.6 Å². The molecule has 0 bridgehead atoms. The van der Waals surface area contributed by atoms with Crippen LogP contribution in [-0.4, -0.2) is 35.5 Å². The molecule has 1 saturated heterocycles. The molecule has 0 aromatic rings. The average Bonchev–Trinajstić information content (AvgIpc) is 3.10. The summed E-state index contributed by atoms with van der Waals surface area (Å²) in [4.78, 5) is 14.5. The fourth-order valence-corrected chi connectivity index (χ4v) is 2.48. The van der Waals surface area contributed by atoms with Crippen molar-refractivity contribution in [3.05, 3.63) is 12.7 Å². The lowest BCUT2D eigenvalue weighted by molar-refractivity contribution is -0.138. The Bertz CT molecular complexity index is 278. The number of nitrogens with one attached hydrogen (secondary N) is 1. The van der Waals surface area contributed by atoms with Crippen LogP contribution in [0.25, 0.3) is 0 Å². The molecule has 1 unspecified atom stereocenters. The molecule has 0 radical (unpaired) electrons. The van der Waals surface area contributed by atoms with E-state index in [1.807, 2.05) is 17.9 Å². The van der Waals surface area contributed by atoms with Gasteiger partial charge in [-0.2, -0.15) is 0 Å². The summed E-state index contributed by atoms with van der Waals surface area (Å²) in [6.45, 7) is 7.46. The van der Waals surface area contributed by atoms with Gasteiger partial charge in [-0.05, 0) is 45.6 Å². The van der Waals surface area contributed by atoms with Gasteiger partial charge in [0.2, 0.25) is 5.91 Å². The van der Waals surface area contributed by atoms with Crippen molar-refractivity contribution < 1.29 is 4.79 Å². The zero-order chi connectivity index (χ0) is 11.6. The van der Waals surface area contributed by atoms with Crippen LogP contribution in [0.3, 0.4) is 0 Å². The zero-order valence-electron chi connectivity index (χ0n) is 10.2. The Kier molecular flexibility index (Phi) is 3.33. The van der Waals surface area contributed by atoms with Crippen molar-refractivity contribution in [3.63, 3.8) is 0 Å². The molecule has 2 aliphatic rings. The molecule has 1 saturated carbocycles. The van der Waals surface area contributed by atoms with Gasteiger partial charge < -0.3 is 10.2 Å². The summed E-state index contributed by atoms with van der Waals surface area (Å²) >= 11 is 0. The molecule has 0 aromatic heterocycles. The van der Waals surface area contributed by atoms with E-state index in [4.69, 9.17) is 0 Å². The highest BCUT2D eigenvalue weighted by Crippen LogP contribution is 2.30. The number of carbonyl (C=O) groups excluding carboxylic acids is 1. The second-order valence-corrected chi connectivity index (χ2v) is 5.19. The second-order valence-electron chi connectivity index (χ2n) is 5.19. The molecule has 0 aromatic carbocycles. The van der Waals surface area contributed by atoms with Crippen LogP contribution < -0.4 is 5.32 Å². The minimum absolute atomic E-state index is 0.273. The van der Waals surface area contributed by atoms with E-state index in [-0.39, 0.29) is 11.4 Å². The Labute approximate surface area is 97.9 Å². The van der Waals surface area contributed by atoms with Gasteiger partial charge in [0.25, 0.3) is 0 Å². The number of amides is 1. The molecule has 0 spiro atoms. The van der Waals surface area contributed by atoms with Crippen molar-refractivity contribution in [1.82, 2.24) is 10.2 Å². The van der Waals surface area contributed by atoms with Gasteiger partial charge in [-0.25, -0.2) is 0 Å². The van der Waals surface area contributed by atoms with Gasteiger partial charge in [0.1, 0.15) is 0 Å². The highest BCUT2D eigenvalue weighted by molar-refractivity contribution is 5.86. The van der Waals surface area contributed by atoms with E-state index < -0.39 is 0 Å². The number of hydrogen-bond acceptors (Lipinski definition) is 2. The average molecular weight is 222 g/mol. The Morgan fingerprint density at radius 2 is 2.31 bits per heavy atom. The lowest BCUT2D eigenvalue weighted by Gasteiger charge is -2.38. The van der Waals surface area contributed by atoms with E-state index in [9.17, 15) is 4.79 Å². The predicted octanol–water partition coefficient (Wildman–Crippen LogP) is 1.70. The van der Waals surface area contributed by atoms with E-state index in [2.05, 4.69) is 11.9 Å². The van der Waals surface area contributed by atoms with Crippen molar-refractivity contribution in [2.24, 2.45) is 0 Å². The lowest BCUT2D eigenvalue weighted by atomic mass is 9.89. The summed E-state index contributed by atoms with van der Waals surface area (Å²) in [6.07, 6.45) is 7.47. The maximum absolute atomic E-state index is 12.5. The Morgan fingerprint density at radius 3 is 2.81 bits per heavy atom. The SMILES string of the molecule is C=CCN(C(=O)C1(C)CCCCN1)C1CC1. The molecule has 1 aliphatic carbocycles. The largest absolute Gasteiger partial charge is 0.334 e. The number of carbonyl (C=O) groups is 1. The van der Waals surface area contributed by atoms with Crippen LogP contribution in [0.1, 0.15) is 39.0 Å². The normalized spacial score (nSPS) is 29.8. The van der Waals surface area contributed by atoms with Crippen LogP contribution in [0.2, 0.25) is 0 Å². The van der Waals surface area contributed by atoms with Crippen molar-refractivity contribution in [3.8, 4) is 0 Å². The maximum atomic E-state index is 12.5. The molecular weight excluding hydrogens is 200 g/mol. The molecule has 90 valence electrons. The van der Waals surface area contributed by atoms with Gasteiger partial charge in [0, 0.05) is 12.6 Å². The van der Waals surface area contributed by atoms with Gasteiger partial charge in [-0.15, -0.1) is 6.58 Å². The van der Waals surface area contributed by atoms with Crippen molar-refractivity contribution >= 4 is 5.91 Å². The zero-order valence-corrected chi connectivity index (χ0v) is 10.2. The molecular formula is C13H22N2O. The number of hydrogen-bond donors (Lipinski definition) is 1. The van der Waals surface area contributed by atoms with E-state index >= 15 is 0 Å². The molecule has 1 heterocycles. The van der Waals surface area contributed by atoms with E-state index in [0.29, 0.717) is 12.6 Å². The van der Waals surface area contributed by atoms with E-state index in [1.165, 1.54) is 6.42 Å². The van der Waals surface area contributed by atoms with Crippen LogP contribution >= 0.6 is 0 Å². The molecule has 2 rings (SSSR count). The van der Waals surface area contributed by atoms with Gasteiger partial charge in [0.15, 0.2) is 0 Å². The molecule has 1 aliphatic heterocycles. The Hall–Kier alpha value is -0.830. The van der Waals surface area contributed by atoms with Gasteiger partial charge in [-0.3, -0.25) is 4.79 Å². The summed E-state index contributed by atoms with van der Waals surface area (Å²) in [5.41, 5.74) is -0.330. The highest BCUT2D eigenvalue weighted by Gasteiger charge is 2.42. The topological polar surface area (TPSA) is 32.3 Å². The summed E-state index contributed by atoms with van der Waals surface area (Å²) in [7, 11) is 0. The fraction of sp³-hybridized carbons (Fsp3) is 0.769. The third-order valence-electron chi connectivity index (χ3n) is 3.67. The first kappa shape index (κ1) is 11.6. The first-order valence-corrected chi connectivity index (χ1v) is 6.34. The van der Waals surface area contributed by atoms with Crippen molar-refractivity contribution in [2.75, 3.05) is 13.1 Å². The summed E-state index contributed by atoms with van der Waals surface area (Å²) in [5, 5.41) is 3.39. The fourth-order valence-electron chi connectivity index (χ4n) is 2.48. The summed E-state index contributed by atoms with van der Waals surface area (Å²) in [6, 6.07) is 0.478. The number of nitrogens with zero attached hydrogens (tertiary/aromatic N) is 1. The molecule has 2 fully saturated rings. The van der Waals surface area contributed by atoms with E-state index in [0.717, 1.165) is 32.2 Å². The number of piperidine rings is 1. The lowest BCUT2D eigenvalue weighted by Crippen LogP contribution is -2.58. The summed E-state index contributed by atoms with van der Waals surface area (Å²) in [5.74, 6) is 0.273. The van der Waals surface area contributed by atoms with Gasteiger partial charge >= 0.3 is 0 Å². The first-order valence-electron chi connectivity index (χ1n) is 6.34. The minimum atomic E-state index is -0.330. The second kappa shape index (κ2) is 4.58. The maximum Gasteiger partial charge on any atom is 0.243 e. The van der Waals surface area contributed by atoms with Crippen LogP contribution in [0, 0.1) is 0 Å². The third kappa shape index (κ3) is 2.29.